The maximum atomic E-state index is 13.3. The molecule has 4 nitrogen and oxygen atoms in total. The molecule has 0 aliphatic carbocycles. The van der Waals surface area contributed by atoms with E-state index in [0.717, 1.165) is 30.5 Å². The summed E-state index contributed by atoms with van der Waals surface area (Å²) < 4.78 is 15.0. The van der Waals surface area contributed by atoms with Gasteiger partial charge in [-0.25, -0.2) is 9.07 Å². The lowest BCUT2D eigenvalue weighted by Crippen LogP contribution is -2.01. The largest absolute Gasteiger partial charge is 0.330 e. The minimum atomic E-state index is -0.414. The van der Waals surface area contributed by atoms with E-state index in [1.807, 2.05) is 6.20 Å². The zero-order valence-electron chi connectivity index (χ0n) is 10.5. The number of aromatic nitrogens is 3. The van der Waals surface area contributed by atoms with Crippen molar-refractivity contribution < 1.29 is 4.39 Å². The highest BCUT2D eigenvalue weighted by Gasteiger charge is 2.04. The molecule has 102 valence electrons. The van der Waals surface area contributed by atoms with Crippen molar-refractivity contribution in [1.29, 1.82) is 0 Å². The van der Waals surface area contributed by atoms with E-state index in [1.165, 1.54) is 6.07 Å². The minimum Gasteiger partial charge on any atom is -0.330 e. The molecule has 0 atom stereocenters. The van der Waals surface area contributed by atoms with Crippen LogP contribution in [0.5, 0.6) is 0 Å². The Morgan fingerprint density at radius 1 is 1.32 bits per heavy atom. The van der Waals surface area contributed by atoms with Crippen LogP contribution in [0.15, 0.2) is 24.4 Å². The smallest absolute Gasteiger partial charge is 0.142 e. The number of unbranched alkanes of at least 4 members (excludes halogenated alkanes) is 1. The average molecular weight is 283 g/mol. The molecule has 0 radical (unpaired) electrons. The molecule has 0 unspecified atom stereocenters. The van der Waals surface area contributed by atoms with Crippen molar-refractivity contribution in [1.82, 2.24) is 15.0 Å². The van der Waals surface area contributed by atoms with Gasteiger partial charge < -0.3 is 5.73 Å². The third-order valence-corrected chi connectivity index (χ3v) is 3.11. The summed E-state index contributed by atoms with van der Waals surface area (Å²) in [5, 5.41) is 8.23. The van der Waals surface area contributed by atoms with Gasteiger partial charge in [-0.3, -0.25) is 0 Å². The van der Waals surface area contributed by atoms with Gasteiger partial charge in [-0.15, -0.1) is 5.10 Å². The number of nitrogens with two attached hydrogens (primary N) is 1. The van der Waals surface area contributed by atoms with Crippen molar-refractivity contribution in [2.45, 2.75) is 25.8 Å². The fourth-order valence-corrected chi connectivity index (χ4v) is 1.92. The maximum absolute atomic E-state index is 13.3. The number of benzene rings is 1. The van der Waals surface area contributed by atoms with E-state index in [1.54, 1.807) is 16.8 Å². The van der Waals surface area contributed by atoms with Crippen LogP contribution in [0.2, 0.25) is 5.02 Å². The van der Waals surface area contributed by atoms with Gasteiger partial charge in [0.1, 0.15) is 5.82 Å². The van der Waals surface area contributed by atoms with Gasteiger partial charge in [-0.05, 0) is 43.5 Å². The monoisotopic (exact) mass is 282 g/mol. The molecule has 0 amide bonds. The lowest BCUT2D eigenvalue weighted by atomic mass is 10.2. The summed E-state index contributed by atoms with van der Waals surface area (Å²) in [6, 6.07) is 4.74. The summed E-state index contributed by atoms with van der Waals surface area (Å²) in [6.45, 7) is 1.18. The summed E-state index contributed by atoms with van der Waals surface area (Å²) in [5.74, 6) is -0.414. The van der Waals surface area contributed by atoms with E-state index in [0.29, 0.717) is 13.1 Å². The summed E-state index contributed by atoms with van der Waals surface area (Å²) in [6.07, 6.45) is 4.73. The van der Waals surface area contributed by atoms with E-state index in [4.69, 9.17) is 17.3 Å². The molecule has 2 aromatic rings. The molecular weight excluding hydrogens is 267 g/mol. The number of rotatable bonds is 6. The van der Waals surface area contributed by atoms with Gasteiger partial charge in [-0.2, -0.15) is 0 Å². The average Bonchev–Trinajstić information content (AvgIpc) is 2.82. The van der Waals surface area contributed by atoms with E-state index < -0.39 is 5.82 Å². The summed E-state index contributed by atoms with van der Waals surface area (Å²) >= 11 is 5.64. The van der Waals surface area contributed by atoms with Crippen LogP contribution in [0.3, 0.4) is 0 Å². The van der Waals surface area contributed by atoms with Crippen LogP contribution in [0.1, 0.15) is 24.1 Å². The quantitative estimate of drug-likeness (QED) is 0.828. The van der Waals surface area contributed by atoms with Crippen molar-refractivity contribution >= 4 is 11.6 Å². The van der Waals surface area contributed by atoms with Crippen LogP contribution in [0, 0.1) is 5.82 Å². The fraction of sp³-hybridized carbons (Fsp3) is 0.385. The molecule has 1 aromatic carbocycles. The second kappa shape index (κ2) is 6.63. The van der Waals surface area contributed by atoms with Gasteiger partial charge in [0.05, 0.1) is 17.3 Å². The zero-order valence-corrected chi connectivity index (χ0v) is 11.3. The number of nitrogens with zero attached hydrogens (tertiary/aromatic N) is 3. The molecular formula is C13H16ClFN4. The number of aryl methyl sites for hydroxylation is 1. The van der Waals surface area contributed by atoms with E-state index >= 15 is 0 Å². The second-order valence-corrected chi connectivity index (χ2v) is 4.81. The van der Waals surface area contributed by atoms with Crippen LogP contribution in [0.4, 0.5) is 4.39 Å². The Bertz CT molecular complexity index is 541. The predicted molar refractivity (Wildman–Crippen MR) is 72.5 cm³/mol. The Hall–Kier alpha value is -1.46. The highest BCUT2D eigenvalue weighted by molar-refractivity contribution is 6.30. The molecule has 0 aliphatic heterocycles. The highest BCUT2D eigenvalue weighted by atomic mass is 35.5. The van der Waals surface area contributed by atoms with Gasteiger partial charge in [-0.1, -0.05) is 22.9 Å². The van der Waals surface area contributed by atoms with Gasteiger partial charge in [0, 0.05) is 6.20 Å². The number of hydrogen-bond acceptors (Lipinski definition) is 3. The summed E-state index contributed by atoms with van der Waals surface area (Å²) in [4.78, 5) is 0. The predicted octanol–water partition coefficient (Wildman–Crippen LogP) is 2.40. The van der Waals surface area contributed by atoms with Crippen LogP contribution < -0.4 is 5.73 Å². The first-order valence-electron chi connectivity index (χ1n) is 6.22. The minimum absolute atomic E-state index is 0.129. The molecule has 1 heterocycles. The molecule has 1 aromatic heterocycles. The number of halogens is 2. The summed E-state index contributed by atoms with van der Waals surface area (Å²) in [7, 11) is 0. The van der Waals surface area contributed by atoms with Crippen LogP contribution in [-0.4, -0.2) is 21.5 Å². The van der Waals surface area contributed by atoms with Crippen LogP contribution in [-0.2, 0) is 13.0 Å². The van der Waals surface area contributed by atoms with Crippen molar-refractivity contribution in [3.05, 3.63) is 46.5 Å². The Kier molecular flexibility index (Phi) is 4.87. The number of hydrogen-bond donors (Lipinski definition) is 1. The molecule has 0 aliphatic rings. The van der Waals surface area contributed by atoms with E-state index in [9.17, 15) is 4.39 Å². The SMILES string of the molecule is NCCCCc1cn(Cc2ccc(Cl)c(F)c2)nn1. The Morgan fingerprint density at radius 2 is 2.16 bits per heavy atom. The Balaban J connectivity index is 1.97. The molecule has 2 rings (SSSR count). The summed E-state index contributed by atoms with van der Waals surface area (Å²) in [5.41, 5.74) is 7.18. The van der Waals surface area contributed by atoms with Crippen LogP contribution >= 0.6 is 11.6 Å². The third-order valence-electron chi connectivity index (χ3n) is 2.80. The normalized spacial score (nSPS) is 10.9. The maximum Gasteiger partial charge on any atom is 0.142 e. The van der Waals surface area contributed by atoms with Gasteiger partial charge in [0.2, 0.25) is 0 Å². The Morgan fingerprint density at radius 3 is 2.89 bits per heavy atom. The molecule has 2 N–H and O–H groups in total. The fourth-order valence-electron chi connectivity index (χ4n) is 1.81. The lowest BCUT2D eigenvalue weighted by Gasteiger charge is -2.02. The van der Waals surface area contributed by atoms with Gasteiger partial charge in [0.15, 0.2) is 0 Å². The topological polar surface area (TPSA) is 56.7 Å². The second-order valence-electron chi connectivity index (χ2n) is 4.40. The van der Waals surface area contributed by atoms with Crippen molar-refractivity contribution in [3.63, 3.8) is 0 Å². The molecule has 0 saturated heterocycles. The lowest BCUT2D eigenvalue weighted by molar-refractivity contribution is 0.614. The third kappa shape index (κ3) is 4.01. The van der Waals surface area contributed by atoms with Gasteiger partial charge >= 0.3 is 0 Å². The first kappa shape index (κ1) is 14.0. The first-order valence-corrected chi connectivity index (χ1v) is 6.60. The zero-order chi connectivity index (χ0) is 13.7. The molecule has 0 fully saturated rings. The van der Waals surface area contributed by atoms with E-state index in [2.05, 4.69) is 10.3 Å². The molecule has 19 heavy (non-hydrogen) atoms. The van der Waals surface area contributed by atoms with Crippen molar-refractivity contribution in [2.24, 2.45) is 5.73 Å². The van der Waals surface area contributed by atoms with Crippen molar-refractivity contribution in [2.75, 3.05) is 6.54 Å². The Labute approximate surface area is 116 Å². The molecule has 6 heteroatoms. The molecule has 0 spiro atoms. The molecule has 0 saturated carbocycles. The van der Waals surface area contributed by atoms with Crippen LogP contribution in [0.25, 0.3) is 0 Å². The van der Waals surface area contributed by atoms with E-state index in [-0.39, 0.29) is 5.02 Å². The highest BCUT2D eigenvalue weighted by Crippen LogP contribution is 2.16. The van der Waals surface area contributed by atoms with Crippen molar-refractivity contribution in [3.8, 4) is 0 Å². The standard InChI is InChI=1S/C13H16ClFN4/c14-12-5-4-10(7-13(12)15)8-19-9-11(17-18-19)3-1-2-6-16/h4-5,7,9H,1-3,6,8,16H2. The molecule has 0 bridgehead atoms. The van der Waals surface area contributed by atoms with Gasteiger partial charge in [0.25, 0.3) is 0 Å². The first-order chi connectivity index (χ1) is 9.19.